The van der Waals surface area contributed by atoms with Gasteiger partial charge < -0.3 is 9.80 Å². The molecule has 0 aliphatic heterocycles. The van der Waals surface area contributed by atoms with E-state index in [-0.39, 0.29) is 0 Å². The normalized spacial score (nSPS) is 11.2. The molecule has 4 aromatic carbocycles. The maximum Gasteiger partial charge on any atom is 0.273 e. The van der Waals surface area contributed by atoms with E-state index in [1.165, 1.54) is 6.33 Å². The van der Waals surface area contributed by atoms with E-state index in [0.717, 1.165) is 67.1 Å². The summed E-state index contributed by atoms with van der Waals surface area (Å²) < 4.78 is 2.04. The third kappa shape index (κ3) is 5.19. The van der Waals surface area contributed by atoms with E-state index >= 15 is 0 Å². The zero-order valence-electron chi connectivity index (χ0n) is 25.8. The van der Waals surface area contributed by atoms with Gasteiger partial charge in [0.15, 0.2) is 6.33 Å². The van der Waals surface area contributed by atoms with Crippen molar-refractivity contribution in [2.45, 2.75) is 0 Å². The van der Waals surface area contributed by atoms with Crippen LogP contribution in [0.5, 0.6) is 0 Å². The van der Waals surface area contributed by atoms with Crippen LogP contribution >= 0.6 is 0 Å². The van der Waals surface area contributed by atoms with Gasteiger partial charge in [0.25, 0.3) is 5.95 Å². The molecule has 0 aliphatic carbocycles. The SMILES string of the molecule is CN(c1cccc(-c2ccccn2)c1)c1ccc2c3ccc(N(C)c4cccc(-c5ccccn5)c4)cc3n(-c3nncnn3)c2c1. The van der Waals surface area contributed by atoms with Crippen LogP contribution in [-0.2, 0) is 0 Å². The van der Waals surface area contributed by atoms with Gasteiger partial charge in [0.1, 0.15) is 0 Å². The van der Waals surface area contributed by atoms with Crippen LogP contribution in [0.25, 0.3) is 50.3 Å². The molecule has 47 heavy (non-hydrogen) atoms. The van der Waals surface area contributed by atoms with Crippen molar-refractivity contribution >= 4 is 44.6 Å². The van der Waals surface area contributed by atoms with Crippen LogP contribution in [0.4, 0.5) is 22.7 Å². The van der Waals surface area contributed by atoms with Crippen molar-refractivity contribution < 1.29 is 0 Å². The molecule has 4 aromatic heterocycles. The fourth-order valence-electron chi connectivity index (χ4n) is 6.03. The lowest BCUT2D eigenvalue weighted by atomic mass is 10.1. The van der Waals surface area contributed by atoms with Crippen LogP contribution in [0, 0.1) is 0 Å². The van der Waals surface area contributed by atoms with Crippen LogP contribution in [0.3, 0.4) is 0 Å². The molecule has 0 saturated carbocycles. The molecular formula is C38H29N9. The number of nitrogens with zero attached hydrogens (tertiary/aromatic N) is 9. The smallest absolute Gasteiger partial charge is 0.273 e. The van der Waals surface area contributed by atoms with Crippen molar-refractivity contribution in [3.8, 4) is 28.5 Å². The number of benzene rings is 4. The highest BCUT2D eigenvalue weighted by Gasteiger charge is 2.18. The number of anilines is 4. The molecule has 0 spiro atoms. The highest BCUT2D eigenvalue weighted by atomic mass is 15.3. The van der Waals surface area contributed by atoms with E-state index in [2.05, 4.69) is 139 Å². The Labute approximate surface area is 271 Å². The van der Waals surface area contributed by atoms with Crippen molar-refractivity contribution in [2.75, 3.05) is 23.9 Å². The van der Waals surface area contributed by atoms with Gasteiger partial charge in [0.2, 0.25) is 0 Å². The number of rotatable bonds is 7. The molecule has 9 nitrogen and oxygen atoms in total. The predicted octanol–water partition coefficient (Wildman–Crippen LogP) is 8.02. The predicted molar refractivity (Wildman–Crippen MR) is 187 cm³/mol. The van der Waals surface area contributed by atoms with Gasteiger partial charge in [-0.1, -0.05) is 48.5 Å². The van der Waals surface area contributed by atoms with Crippen molar-refractivity contribution in [3.05, 3.63) is 140 Å². The van der Waals surface area contributed by atoms with Crippen LogP contribution in [0.1, 0.15) is 0 Å². The van der Waals surface area contributed by atoms with E-state index in [9.17, 15) is 0 Å². The summed E-state index contributed by atoms with van der Waals surface area (Å²) in [6, 6.07) is 41.6. The van der Waals surface area contributed by atoms with Crippen molar-refractivity contribution in [1.29, 1.82) is 0 Å². The summed E-state index contributed by atoms with van der Waals surface area (Å²) >= 11 is 0. The van der Waals surface area contributed by atoms with Gasteiger partial charge in [-0.05, 0) is 72.8 Å². The first-order valence-corrected chi connectivity index (χ1v) is 15.2. The third-order valence-electron chi connectivity index (χ3n) is 8.50. The molecule has 0 atom stereocenters. The minimum atomic E-state index is 0.404. The summed E-state index contributed by atoms with van der Waals surface area (Å²) in [4.78, 5) is 13.4. The van der Waals surface area contributed by atoms with Crippen molar-refractivity contribution in [3.63, 3.8) is 0 Å². The number of fused-ring (bicyclic) bond motifs is 3. The Morgan fingerprint density at radius 2 is 0.979 bits per heavy atom. The topological polar surface area (TPSA) is 88.8 Å². The van der Waals surface area contributed by atoms with Crippen LogP contribution in [0.15, 0.2) is 140 Å². The largest absolute Gasteiger partial charge is 0.345 e. The van der Waals surface area contributed by atoms with Gasteiger partial charge in [-0.3, -0.25) is 14.5 Å². The lowest BCUT2D eigenvalue weighted by Crippen LogP contribution is -2.10. The van der Waals surface area contributed by atoms with Gasteiger partial charge in [-0.2, -0.15) is 0 Å². The van der Waals surface area contributed by atoms with E-state index in [4.69, 9.17) is 0 Å². The first-order chi connectivity index (χ1) is 23.1. The second kappa shape index (κ2) is 11.8. The molecule has 226 valence electrons. The molecule has 0 aliphatic rings. The second-order valence-corrected chi connectivity index (χ2v) is 11.2. The summed E-state index contributed by atoms with van der Waals surface area (Å²) in [5.41, 5.74) is 10.0. The summed E-state index contributed by atoms with van der Waals surface area (Å²) in [5, 5.41) is 19.0. The quantitative estimate of drug-likeness (QED) is 0.179. The highest BCUT2D eigenvalue weighted by molar-refractivity contribution is 6.10. The maximum absolute atomic E-state index is 4.54. The molecule has 8 aromatic rings. The Hall–Kier alpha value is -6.48. The molecule has 0 N–H and O–H groups in total. The Bertz CT molecular complexity index is 2190. The first-order valence-electron chi connectivity index (χ1n) is 15.2. The number of pyridine rings is 2. The van der Waals surface area contributed by atoms with Crippen LogP contribution in [-0.4, -0.2) is 49.0 Å². The minimum absolute atomic E-state index is 0.404. The Morgan fingerprint density at radius 1 is 0.489 bits per heavy atom. The van der Waals surface area contributed by atoms with E-state index in [1.807, 2.05) is 53.4 Å². The zero-order chi connectivity index (χ0) is 31.7. The fourth-order valence-corrected chi connectivity index (χ4v) is 6.03. The van der Waals surface area contributed by atoms with E-state index in [0.29, 0.717) is 5.95 Å². The van der Waals surface area contributed by atoms with Gasteiger partial charge >= 0.3 is 0 Å². The molecule has 0 radical (unpaired) electrons. The molecule has 8 rings (SSSR count). The maximum atomic E-state index is 4.54. The second-order valence-electron chi connectivity index (χ2n) is 11.2. The standard InChI is InChI=1S/C38H29N9/c1-45(28-11-7-9-26(21-28)34-13-3-5-19-39-34)30-15-17-32-33-18-16-31(24-37(33)47(36(32)23-30)38-43-41-25-42-44-38)46(2)29-12-8-10-27(22-29)35-14-4-6-20-40-35/h3-25H,1-2H3. The summed E-state index contributed by atoms with van der Waals surface area (Å²) in [6.07, 6.45) is 4.98. The summed E-state index contributed by atoms with van der Waals surface area (Å²) in [7, 11) is 4.14. The first kappa shape index (κ1) is 28.0. The van der Waals surface area contributed by atoms with Gasteiger partial charge in [0.05, 0.1) is 22.4 Å². The number of hydrogen-bond donors (Lipinski definition) is 0. The molecule has 4 heterocycles. The zero-order valence-corrected chi connectivity index (χ0v) is 25.8. The highest BCUT2D eigenvalue weighted by Crippen LogP contribution is 2.38. The van der Waals surface area contributed by atoms with Gasteiger partial charge in [-0.15, -0.1) is 20.4 Å². The minimum Gasteiger partial charge on any atom is -0.345 e. The Balaban J connectivity index is 1.23. The Morgan fingerprint density at radius 3 is 1.45 bits per heavy atom. The lowest BCUT2D eigenvalue weighted by Gasteiger charge is -2.21. The van der Waals surface area contributed by atoms with Crippen LogP contribution in [0.2, 0.25) is 0 Å². The molecule has 9 heteroatoms. The lowest BCUT2D eigenvalue weighted by molar-refractivity contribution is 0.801. The summed E-state index contributed by atoms with van der Waals surface area (Å²) in [5.74, 6) is 0.404. The fraction of sp³-hybridized carbons (Fsp3) is 0.0526. The van der Waals surface area contributed by atoms with Crippen molar-refractivity contribution in [2.24, 2.45) is 0 Å². The third-order valence-corrected chi connectivity index (χ3v) is 8.50. The number of hydrogen-bond acceptors (Lipinski definition) is 8. The molecule has 0 unspecified atom stereocenters. The molecule has 0 saturated heterocycles. The molecular weight excluding hydrogens is 582 g/mol. The molecule has 0 bridgehead atoms. The van der Waals surface area contributed by atoms with E-state index < -0.39 is 0 Å². The average molecular weight is 612 g/mol. The monoisotopic (exact) mass is 611 g/mol. The van der Waals surface area contributed by atoms with Gasteiger partial charge in [0, 0.05) is 71.1 Å². The Kier molecular flexibility index (Phi) is 7.03. The van der Waals surface area contributed by atoms with E-state index in [1.54, 1.807) is 0 Å². The average Bonchev–Trinajstić information content (AvgIpc) is 3.48. The number of aromatic nitrogens is 7. The van der Waals surface area contributed by atoms with Gasteiger partial charge in [-0.25, -0.2) is 0 Å². The molecule has 0 amide bonds. The van der Waals surface area contributed by atoms with Crippen molar-refractivity contribution in [1.82, 2.24) is 34.9 Å². The molecule has 0 fully saturated rings. The summed E-state index contributed by atoms with van der Waals surface area (Å²) in [6.45, 7) is 0. The van der Waals surface area contributed by atoms with Crippen LogP contribution < -0.4 is 9.80 Å².